The van der Waals surface area contributed by atoms with E-state index in [1.54, 1.807) is 9.69 Å². The molecule has 0 saturated heterocycles. The predicted octanol–water partition coefficient (Wildman–Crippen LogP) is 3.79. The Balaban J connectivity index is 2.32. The number of Topliss-reactive ketones (excluding diaryl/α,β-unsaturated/α-hetero) is 1. The van der Waals surface area contributed by atoms with Crippen molar-refractivity contribution in [3.8, 4) is 0 Å². The number of aryl methyl sites for hydroxylation is 3. The van der Waals surface area contributed by atoms with Gasteiger partial charge in [-0.15, -0.1) is 10.2 Å². The summed E-state index contributed by atoms with van der Waals surface area (Å²) in [5.41, 5.74) is 3.76. The average Bonchev–Trinajstić information content (AvgIpc) is 3.10. The van der Waals surface area contributed by atoms with E-state index >= 15 is 0 Å². The number of hydrogen-bond acceptors (Lipinski definition) is 5. The van der Waals surface area contributed by atoms with Crippen molar-refractivity contribution in [1.29, 1.82) is 0 Å². The molecule has 0 bridgehead atoms. The minimum absolute atomic E-state index is 0.00516. The predicted molar refractivity (Wildman–Crippen MR) is 107 cm³/mol. The maximum absolute atomic E-state index is 13.0. The zero-order valence-electron chi connectivity index (χ0n) is 16.4. The van der Waals surface area contributed by atoms with Crippen molar-refractivity contribution in [3.05, 3.63) is 45.6 Å². The third-order valence-corrected chi connectivity index (χ3v) is 5.77. The second-order valence-corrected chi connectivity index (χ2v) is 7.46. The Morgan fingerprint density at radius 1 is 1.04 bits per heavy atom. The molecule has 1 aliphatic heterocycles. The number of thioether (sulfide) groups is 1. The summed E-state index contributed by atoms with van der Waals surface area (Å²) in [6.45, 7) is 9.70. The lowest BCUT2D eigenvalue weighted by molar-refractivity contribution is -0.119. The van der Waals surface area contributed by atoms with Gasteiger partial charge in [0.2, 0.25) is 11.1 Å². The van der Waals surface area contributed by atoms with Crippen molar-refractivity contribution >= 4 is 29.1 Å². The van der Waals surface area contributed by atoms with Crippen LogP contribution in [0.5, 0.6) is 0 Å². The molecule has 0 aliphatic carbocycles. The fraction of sp³-hybridized carbons (Fsp3) is 0.400. The van der Waals surface area contributed by atoms with Crippen LogP contribution < -0.4 is 5.01 Å². The molecule has 27 heavy (non-hydrogen) atoms. The smallest absolute Gasteiger partial charge is 0.246 e. The van der Waals surface area contributed by atoms with E-state index in [1.165, 1.54) is 17.3 Å². The molecule has 0 unspecified atom stereocenters. The van der Waals surface area contributed by atoms with Crippen LogP contribution in [-0.4, -0.2) is 26.6 Å². The summed E-state index contributed by atoms with van der Waals surface area (Å²) < 4.78 is 1.76. The Bertz CT molecular complexity index is 945. The summed E-state index contributed by atoms with van der Waals surface area (Å²) in [6, 6.07) is 6.02. The molecule has 2 aromatic rings. The van der Waals surface area contributed by atoms with Gasteiger partial charge in [0.05, 0.1) is 10.6 Å². The van der Waals surface area contributed by atoms with Gasteiger partial charge in [-0.1, -0.05) is 32.9 Å². The molecular formula is C20H24N4O2S. The first-order valence-electron chi connectivity index (χ1n) is 9.23. The Labute approximate surface area is 163 Å². The normalized spacial score (nSPS) is 13.7. The van der Waals surface area contributed by atoms with E-state index in [0.717, 1.165) is 11.1 Å². The van der Waals surface area contributed by atoms with Crippen molar-refractivity contribution in [1.82, 2.24) is 14.9 Å². The van der Waals surface area contributed by atoms with E-state index in [9.17, 15) is 9.59 Å². The summed E-state index contributed by atoms with van der Waals surface area (Å²) in [7, 11) is 0. The van der Waals surface area contributed by atoms with Crippen LogP contribution in [0.15, 0.2) is 28.3 Å². The molecule has 0 spiro atoms. The monoisotopic (exact) mass is 384 g/mol. The molecular weight excluding hydrogens is 360 g/mol. The van der Waals surface area contributed by atoms with Crippen LogP contribution in [0.25, 0.3) is 5.70 Å². The Morgan fingerprint density at radius 2 is 1.78 bits per heavy atom. The molecule has 6 nitrogen and oxygen atoms in total. The van der Waals surface area contributed by atoms with Crippen LogP contribution in [0, 0.1) is 13.8 Å². The lowest BCUT2D eigenvalue weighted by Gasteiger charge is -2.33. The highest BCUT2D eigenvalue weighted by atomic mass is 32.2. The molecule has 2 heterocycles. The zero-order valence-corrected chi connectivity index (χ0v) is 17.2. The fourth-order valence-electron chi connectivity index (χ4n) is 2.99. The summed E-state index contributed by atoms with van der Waals surface area (Å²) in [5, 5.41) is 10.6. The van der Waals surface area contributed by atoms with Crippen molar-refractivity contribution < 1.29 is 9.59 Å². The van der Waals surface area contributed by atoms with Gasteiger partial charge < -0.3 is 0 Å². The summed E-state index contributed by atoms with van der Waals surface area (Å²) >= 11 is 1.30. The maximum atomic E-state index is 13.0. The molecule has 0 radical (unpaired) electrons. The first-order valence-corrected chi connectivity index (χ1v) is 10.0. The number of nitrogens with zero attached hydrogens (tertiary/aromatic N) is 4. The van der Waals surface area contributed by atoms with E-state index < -0.39 is 0 Å². The topological polar surface area (TPSA) is 68.1 Å². The first-order chi connectivity index (χ1) is 12.9. The molecule has 1 aliphatic rings. The molecule has 0 fully saturated rings. The molecule has 1 amide bonds. The molecule has 1 aromatic carbocycles. The standard InChI is InChI=1S/C20H24N4O2S/c1-6-15(25)19-18(14-10-9-12(4)13(5)11-14)24(17(26)8-3)23-16(7-2)21-22-20(23)27-19/h9-11H,6-8H2,1-5H3. The van der Waals surface area contributed by atoms with Crippen LogP contribution in [0.2, 0.25) is 0 Å². The van der Waals surface area contributed by atoms with Crippen LogP contribution in [-0.2, 0) is 16.0 Å². The van der Waals surface area contributed by atoms with E-state index in [2.05, 4.69) is 10.2 Å². The van der Waals surface area contributed by atoms with Gasteiger partial charge in [-0.25, -0.2) is 9.69 Å². The number of fused-ring (bicyclic) bond motifs is 1. The third kappa shape index (κ3) is 3.32. The molecule has 1 aromatic heterocycles. The molecule has 0 N–H and O–H groups in total. The van der Waals surface area contributed by atoms with E-state index in [4.69, 9.17) is 0 Å². The van der Waals surface area contributed by atoms with E-state index in [1.807, 2.05) is 52.8 Å². The quantitative estimate of drug-likeness (QED) is 0.785. The number of benzene rings is 1. The number of ketones is 1. The minimum Gasteiger partial charge on any atom is -0.294 e. The molecule has 3 rings (SSSR count). The lowest BCUT2D eigenvalue weighted by atomic mass is 10.0. The Morgan fingerprint density at radius 3 is 2.37 bits per heavy atom. The van der Waals surface area contributed by atoms with E-state index in [-0.39, 0.29) is 11.7 Å². The minimum atomic E-state index is -0.0966. The summed E-state index contributed by atoms with van der Waals surface area (Å²) in [4.78, 5) is 26.3. The van der Waals surface area contributed by atoms with Crippen LogP contribution in [0.3, 0.4) is 0 Å². The van der Waals surface area contributed by atoms with Gasteiger partial charge in [0.25, 0.3) is 0 Å². The number of hydrogen-bond donors (Lipinski definition) is 0. The maximum Gasteiger partial charge on any atom is 0.246 e. The van der Waals surface area contributed by atoms with Gasteiger partial charge in [0, 0.05) is 24.8 Å². The van der Waals surface area contributed by atoms with Crippen molar-refractivity contribution in [2.75, 3.05) is 5.01 Å². The van der Waals surface area contributed by atoms with Gasteiger partial charge in [-0.2, -0.15) is 0 Å². The van der Waals surface area contributed by atoms with Gasteiger partial charge in [0.15, 0.2) is 11.6 Å². The fourth-order valence-corrected chi connectivity index (χ4v) is 4.09. The third-order valence-electron chi connectivity index (χ3n) is 4.71. The number of allylic oxidation sites excluding steroid dienone is 1. The van der Waals surface area contributed by atoms with Crippen molar-refractivity contribution in [2.45, 2.75) is 59.0 Å². The van der Waals surface area contributed by atoms with Crippen LogP contribution in [0.4, 0.5) is 0 Å². The molecule has 0 saturated carbocycles. The largest absolute Gasteiger partial charge is 0.294 e. The molecule has 142 valence electrons. The summed E-state index contributed by atoms with van der Waals surface area (Å²) in [6.07, 6.45) is 1.31. The first kappa shape index (κ1) is 19.4. The van der Waals surface area contributed by atoms with Gasteiger partial charge in [0.1, 0.15) is 0 Å². The van der Waals surface area contributed by atoms with Crippen molar-refractivity contribution in [2.24, 2.45) is 0 Å². The average molecular weight is 385 g/mol. The van der Waals surface area contributed by atoms with Gasteiger partial charge in [-0.3, -0.25) is 9.59 Å². The second kappa shape index (κ2) is 7.68. The lowest BCUT2D eigenvalue weighted by Crippen LogP contribution is -2.42. The molecule has 7 heteroatoms. The number of rotatable bonds is 5. The van der Waals surface area contributed by atoms with E-state index in [0.29, 0.717) is 40.8 Å². The zero-order chi connectivity index (χ0) is 19.7. The number of amides is 1. The van der Waals surface area contributed by atoms with Crippen LogP contribution in [0.1, 0.15) is 56.1 Å². The Kier molecular flexibility index (Phi) is 5.51. The highest BCUT2D eigenvalue weighted by molar-refractivity contribution is 8.04. The highest BCUT2D eigenvalue weighted by Crippen LogP contribution is 2.40. The Hall–Kier alpha value is -2.41. The SMILES string of the molecule is CCC(=O)C1=C(c2ccc(C)c(C)c2)N(C(=O)CC)n2c(CC)nnc2S1. The highest BCUT2D eigenvalue weighted by Gasteiger charge is 2.35. The number of carbonyl (C=O) groups excluding carboxylic acids is 2. The number of carbonyl (C=O) groups is 2. The van der Waals surface area contributed by atoms with Gasteiger partial charge in [-0.05, 0) is 42.8 Å². The summed E-state index contributed by atoms with van der Waals surface area (Å²) in [5.74, 6) is 0.596. The number of aromatic nitrogens is 3. The van der Waals surface area contributed by atoms with Crippen LogP contribution >= 0.6 is 11.8 Å². The second-order valence-electron chi connectivity index (χ2n) is 6.48. The van der Waals surface area contributed by atoms with Gasteiger partial charge >= 0.3 is 0 Å². The molecule has 0 atom stereocenters. The van der Waals surface area contributed by atoms with Crippen molar-refractivity contribution in [3.63, 3.8) is 0 Å².